The number of rotatable bonds is 7. The SMILES string of the molecule is COc1cc(C(=O)CC(=O)Nc2ccccn2)cc(OC)c1OC. The zero-order valence-corrected chi connectivity index (χ0v) is 13.7. The maximum atomic E-state index is 12.3. The number of carbonyl (C=O) groups excluding carboxylic acids is 2. The first kappa shape index (κ1) is 17.3. The number of methoxy groups -OCH3 is 3. The Balaban J connectivity index is 2.16. The van der Waals surface area contributed by atoms with Crippen molar-refractivity contribution in [2.24, 2.45) is 0 Å². The van der Waals surface area contributed by atoms with E-state index in [0.717, 1.165) is 0 Å². The van der Waals surface area contributed by atoms with Gasteiger partial charge in [-0.2, -0.15) is 0 Å². The van der Waals surface area contributed by atoms with E-state index < -0.39 is 5.91 Å². The zero-order chi connectivity index (χ0) is 17.5. The first-order valence-corrected chi connectivity index (χ1v) is 7.13. The monoisotopic (exact) mass is 330 g/mol. The van der Waals surface area contributed by atoms with E-state index in [1.807, 2.05) is 0 Å². The first-order valence-electron chi connectivity index (χ1n) is 7.13. The summed E-state index contributed by atoms with van der Waals surface area (Å²) >= 11 is 0. The Hall–Kier alpha value is -3.09. The van der Waals surface area contributed by atoms with Crippen molar-refractivity contribution in [3.8, 4) is 17.2 Å². The second-order valence-electron chi connectivity index (χ2n) is 4.78. The number of ether oxygens (including phenoxy) is 3. The van der Waals surface area contributed by atoms with Crippen molar-refractivity contribution >= 4 is 17.5 Å². The Morgan fingerprint density at radius 2 is 1.71 bits per heavy atom. The van der Waals surface area contributed by atoms with Crippen LogP contribution < -0.4 is 19.5 Å². The van der Waals surface area contributed by atoms with Gasteiger partial charge < -0.3 is 19.5 Å². The fourth-order valence-electron chi connectivity index (χ4n) is 2.11. The van der Waals surface area contributed by atoms with Gasteiger partial charge in [0.05, 0.1) is 27.8 Å². The van der Waals surface area contributed by atoms with Gasteiger partial charge in [0.1, 0.15) is 5.82 Å². The van der Waals surface area contributed by atoms with Crippen LogP contribution in [-0.2, 0) is 4.79 Å². The van der Waals surface area contributed by atoms with Crippen LogP contribution in [-0.4, -0.2) is 38.0 Å². The minimum Gasteiger partial charge on any atom is -0.493 e. The third-order valence-corrected chi connectivity index (χ3v) is 3.24. The number of hydrogen-bond acceptors (Lipinski definition) is 6. The fourth-order valence-corrected chi connectivity index (χ4v) is 2.11. The van der Waals surface area contributed by atoms with Crippen LogP contribution in [0.15, 0.2) is 36.5 Å². The van der Waals surface area contributed by atoms with E-state index in [0.29, 0.717) is 28.6 Å². The Labute approximate surface area is 139 Å². The molecule has 0 bridgehead atoms. The van der Waals surface area contributed by atoms with E-state index in [1.54, 1.807) is 24.4 Å². The average molecular weight is 330 g/mol. The van der Waals surface area contributed by atoms with Gasteiger partial charge in [0, 0.05) is 11.8 Å². The van der Waals surface area contributed by atoms with E-state index in [4.69, 9.17) is 14.2 Å². The lowest BCUT2D eigenvalue weighted by Crippen LogP contribution is -2.17. The van der Waals surface area contributed by atoms with Crippen molar-refractivity contribution in [3.63, 3.8) is 0 Å². The van der Waals surface area contributed by atoms with Gasteiger partial charge in [0.15, 0.2) is 17.3 Å². The highest BCUT2D eigenvalue weighted by Gasteiger charge is 2.19. The number of pyridine rings is 1. The van der Waals surface area contributed by atoms with Crippen LogP contribution in [0.3, 0.4) is 0 Å². The van der Waals surface area contributed by atoms with Gasteiger partial charge in [-0.3, -0.25) is 9.59 Å². The predicted molar refractivity (Wildman–Crippen MR) is 87.9 cm³/mol. The molecule has 0 atom stereocenters. The summed E-state index contributed by atoms with van der Waals surface area (Å²) in [6, 6.07) is 8.14. The van der Waals surface area contributed by atoms with Gasteiger partial charge in [-0.15, -0.1) is 0 Å². The van der Waals surface area contributed by atoms with E-state index in [1.165, 1.54) is 33.5 Å². The molecular formula is C17H18N2O5. The molecule has 24 heavy (non-hydrogen) atoms. The lowest BCUT2D eigenvalue weighted by molar-refractivity contribution is -0.115. The summed E-state index contributed by atoms with van der Waals surface area (Å²) < 4.78 is 15.6. The summed E-state index contributed by atoms with van der Waals surface area (Å²) in [4.78, 5) is 28.3. The van der Waals surface area contributed by atoms with Crippen molar-refractivity contribution in [1.29, 1.82) is 0 Å². The Morgan fingerprint density at radius 1 is 1.04 bits per heavy atom. The number of carbonyl (C=O) groups is 2. The van der Waals surface area contributed by atoms with Crippen LogP contribution in [0, 0.1) is 0 Å². The third kappa shape index (κ3) is 4.01. The molecule has 0 spiro atoms. The van der Waals surface area contributed by atoms with Crippen molar-refractivity contribution in [1.82, 2.24) is 4.98 Å². The van der Waals surface area contributed by atoms with Crippen molar-refractivity contribution in [2.75, 3.05) is 26.6 Å². The van der Waals surface area contributed by atoms with Gasteiger partial charge >= 0.3 is 0 Å². The van der Waals surface area contributed by atoms with Crippen LogP contribution in [0.4, 0.5) is 5.82 Å². The maximum Gasteiger partial charge on any atom is 0.233 e. The zero-order valence-electron chi connectivity index (χ0n) is 13.7. The van der Waals surface area contributed by atoms with Crippen molar-refractivity contribution < 1.29 is 23.8 Å². The number of hydrogen-bond donors (Lipinski definition) is 1. The third-order valence-electron chi connectivity index (χ3n) is 3.24. The van der Waals surface area contributed by atoms with Crippen LogP contribution in [0.5, 0.6) is 17.2 Å². The molecular weight excluding hydrogens is 312 g/mol. The summed E-state index contributed by atoms with van der Waals surface area (Å²) in [6.45, 7) is 0. The highest BCUT2D eigenvalue weighted by Crippen LogP contribution is 2.38. The molecule has 7 nitrogen and oxygen atoms in total. The summed E-state index contributed by atoms with van der Waals surface area (Å²) in [5.41, 5.74) is 0.292. The Bertz CT molecular complexity index is 706. The van der Waals surface area contributed by atoms with Gasteiger partial charge in [0.2, 0.25) is 11.7 Å². The summed E-state index contributed by atoms with van der Waals surface area (Å²) in [5.74, 6) is 0.653. The topological polar surface area (TPSA) is 86.8 Å². The highest BCUT2D eigenvalue weighted by molar-refractivity contribution is 6.11. The number of nitrogens with zero attached hydrogens (tertiary/aromatic N) is 1. The van der Waals surface area contributed by atoms with Crippen LogP contribution in [0.25, 0.3) is 0 Å². The van der Waals surface area contributed by atoms with Gasteiger partial charge in [0.25, 0.3) is 0 Å². The number of ketones is 1. The number of aromatic nitrogens is 1. The lowest BCUT2D eigenvalue weighted by atomic mass is 10.1. The van der Waals surface area contributed by atoms with E-state index in [-0.39, 0.29) is 12.2 Å². The van der Waals surface area contributed by atoms with Crippen LogP contribution in [0.1, 0.15) is 16.8 Å². The van der Waals surface area contributed by atoms with Crippen molar-refractivity contribution in [3.05, 3.63) is 42.1 Å². The quantitative estimate of drug-likeness (QED) is 0.619. The number of anilines is 1. The second-order valence-corrected chi connectivity index (χ2v) is 4.78. The number of amides is 1. The molecule has 0 aliphatic rings. The molecule has 7 heteroatoms. The molecule has 0 saturated heterocycles. The molecule has 1 heterocycles. The Kier molecular flexibility index (Phi) is 5.73. The van der Waals surface area contributed by atoms with Crippen LogP contribution >= 0.6 is 0 Å². The normalized spacial score (nSPS) is 9.96. The van der Waals surface area contributed by atoms with Crippen LogP contribution in [0.2, 0.25) is 0 Å². The number of nitrogens with one attached hydrogen (secondary N) is 1. The molecule has 0 aliphatic heterocycles. The largest absolute Gasteiger partial charge is 0.493 e. The maximum absolute atomic E-state index is 12.3. The average Bonchev–Trinajstić information content (AvgIpc) is 2.60. The summed E-state index contributed by atoms with van der Waals surface area (Å²) in [7, 11) is 4.39. The van der Waals surface area contributed by atoms with Gasteiger partial charge in [-0.1, -0.05) is 6.07 Å². The molecule has 0 saturated carbocycles. The molecule has 0 aliphatic carbocycles. The number of benzene rings is 1. The smallest absolute Gasteiger partial charge is 0.233 e. The minimum atomic E-state index is -0.451. The second kappa shape index (κ2) is 7.96. The summed E-state index contributed by atoms with van der Waals surface area (Å²) in [6.07, 6.45) is 1.23. The molecule has 2 aromatic rings. The molecule has 1 aromatic heterocycles. The van der Waals surface area contributed by atoms with Gasteiger partial charge in [-0.25, -0.2) is 4.98 Å². The van der Waals surface area contributed by atoms with E-state index in [9.17, 15) is 9.59 Å². The van der Waals surface area contributed by atoms with E-state index in [2.05, 4.69) is 10.3 Å². The fraction of sp³-hybridized carbons (Fsp3) is 0.235. The Morgan fingerprint density at radius 3 is 2.21 bits per heavy atom. The molecule has 126 valence electrons. The summed E-state index contributed by atoms with van der Waals surface area (Å²) in [5, 5.41) is 2.56. The first-order chi connectivity index (χ1) is 11.6. The predicted octanol–water partition coefficient (Wildman–Crippen LogP) is 2.32. The highest BCUT2D eigenvalue weighted by atomic mass is 16.5. The van der Waals surface area contributed by atoms with Crippen molar-refractivity contribution in [2.45, 2.75) is 6.42 Å². The molecule has 0 unspecified atom stereocenters. The molecule has 1 amide bonds. The molecule has 1 aromatic carbocycles. The molecule has 2 rings (SSSR count). The minimum absolute atomic E-state index is 0.292. The van der Waals surface area contributed by atoms with E-state index >= 15 is 0 Å². The number of Topliss-reactive ketones (excluding diaryl/α,β-unsaturated/α-hetero) is 1. The molecule has 1 N–H and O–H groups in total. The lowest BCUT2D eigenvalue weighted by Gasteiger charge is -2.13. The van der Waals surface area contributed by atoms with Gasteiger partial charge in [-0.05, 0) is 24.3 Å². The standard InChI is InChI=1S/C17H18N2O5/c1-22-13-8-11(9-14(23-2)17(13)24-3)12(20)10-16(21)19-15-6-4-5-7-18-15/h4-9H,10H2,1-3H3,(H,18,19,21). The molecule has 0 fully saturated rings. The molecule has 0 radical (unpaired) electrons.